The van der Waals surface area contributed by atoms with Gasteiger partial charge in [0.15, 0.2) is 0 Å². The predicted octanol–water partition coefficient (Wildman–Crippen LogP) is 3.15. The summed E-state index contributed by atoms with van der Waals surface area (Å²) >= 11 is 8.04. The van der Waals surface area contributed by atoms with Crippen molar-refractivity contribution in [3.05, 3.63) is 38.3 Å². The summed E-state index contributed by atoms with van der Waals surface area (Å²) < 4.78 is 1.89. The van der Waals surface area contributed by atoms with Crippen LogP contribution < -0.4 is 5.73 Å². The Morgan fingerprint density at radius 3 is 3.11 bits per heavy atom. The SMILES string of the molecule is CCn1ncc(Cl)c1C(N)c1cc2c(s1)CCC2. The van der Waals surface area contributed by atoms with E-state index in [0.717, 1.165) is 12.2 Å². The third kappa shape index (κ3) is 1.88. The molecule has 0 bridgehead atoms. The van der Waals surface area contributed by atoms with Crippen LogP contribution in [0.1, 0.15) is 40.4 Å². The molecule has 0 saturated carbocycles. The molecule has 1 aliphatic carbocycles. The van der Waals surface area contributed by atoms with Gasteiger partial charge in [-0.05, 0) is 37.8 Å². The molecule has 0 spiro atoms. The van der Waals surface area contributed by atoms with Crippen molar-refractivity contribution in [3.8, 4) is 0 Å². The number of nitrogens with zero attached hydrogens (tertiary/aromatic N) is 2. The van der Waals surface area contributed by atoms with Crippen LogP contribution in [0.15, 0.2) is 12.3 Å². The van der Waals surface area contributed by atoms with Crippen molar-refractivity contribution in [3.63, 3.8) is 0 Å². The maximum Gasteiger partial charge on any atom is 0.0837 e. The van der Waals surface area contributed by atoms with Crippen LogP contribution in [0, 0.1) is 0 Å². The fraction of sp³-hybridized carbons (Fsp3) is 0.462. The summed E-state index contributed by atoms with van der Waals surface area (Å²) in [5.74, 6) is 0. The van der Waals surface area contributed by atoms with Gasteiger partial charge in [0.2, 0.25) is 0 Å². The van der Waals surface area contributed by atoms with Gasteiger partial charge in [-0.3, -0.25) is 4.68 Å². The summed E-state index contributed by atoms with van der Waals surface area (Å²) in [6.07, 6.45) is 5.36. The Hall–Kier alpha value is -0.840. The van der Waals surface area contributed by atoms with Crippen LogP contribution in [0.25, 0.3) is 0 Å². The minimum Gasteiger partial charge on any atom is -0.318 e. The van der Waals surface area contributed by atoms with Gasteiger partial charge in [-0.15, -0.1) is 11.3 Å². The highest BCUT2D eigenvalue weighted by Crippen LogP contribution is 2.36. The summed E-state index contributed by atoms with van der Waals surface area (Å²) in [6.45, 7) is 2.84. The quantitative estimate of drug-likeness (QED) is 0.939. The van der Waals surface area contributed by atoms with Crippen LogP contribution in [0.3, 0.4) is 0 Å². The largest absolute Gasteiger partial charge is 0.318 e. The Kier molecular flexibility index (Phi) is 3.18. The van der Waals surface area contributed by atoms with Crippen molar-refractivity contribution in [2.45, 2.75) is 38.8 Å². The number of halogens is 1. The van der Waals surface area contributed by atoms with E-state index in [1.165, 1.54) is 34.6 Å². The number of rotatable bonds is 3. The van der Waals surface area contributed by atoms with Gasteiger partial charge in [-0.1, -0.05) is 11.6 Å². The Bertz CT molecular complexity index is 551. The number of aromatic nitrogens is 2. The van der Waals surface area contributed by atoms with E-state index >= 15 is 0 Å². The van der Waals surface area contributed by atoms with Crippen molar-refractivity contribution in [1.82, 2.24) is 9.78 Å². The molecule has 2 N–H and O–H groups in total. The van der Waals surface area contributed by atoms with Crippen LogP contribution in [-0.2, 0) is 19.4 Å². The first-order valence-corrected chi connectivity index (χ1v) is 7.48. The maximum absolute atomic E-state index is 6.36. The molecule has 1 unspecified atom stereocenters. The smallest absolute Gasteiger partial charge is 0.0837 e. The van der Waals surface area contributed by atoms with E-state index in [9.17, 15) is 0 Å². The molecule has 5 heteroatoms. The lowest BCUT2D eigenvalue weighted by Crippen LogP contribution is -2.16. The number of nitrogens with two attached hydrogens (primary N) is 1. The Morgan fingerprint density at radius 2 is 2.39 bits per heavy atom. The molecule has 18 heavy (non-hydrogen) atoms. The third-order valence-corrected chi connectivity index (χ3v) is 5.11. The van der Waals surface area contributed by atoms with E-state index in [1.54, 1.807) is 6.20 Å². The highest BCUT2D eigenvalue weighted by Gasteiger charge is 2.23. The third-order valence-electron chi connectivity index (χ3n) is 3.50. The van der Waals surface area contributed by atoms with Gasteiger partial charge in [-0.25, -0.2) is 0 Å². The Labute approximate surface area is 116 Å². The van der Waals surface area contributed by atoms with Gasteiger partial charge in [0.05, 0.1) is 23.0 Å². The van der Waals surface area contributed by atoms with Crippen LogP contribution in [0.2, 0.25) is 5.02 Å². The van der Waals surface area contributed by atoms with Crippen molar-refractivity contribution < 1.29 is 0 Å². The topological polar surface area (TPSA) is 43.8 Å². The lowest BCUT2D eigenvalue weighted by Gasteiger charge is -2.12. The summed E-state index contributed by atoms with van der Waals surface area (Å²) in [7, 11) is 0. The van der Waals surface area contributed by atoms with E-state index in [4.69, 9.17) is 17.3 Å². The van der Waals surface area contributed by atoms with Crippen LogP contribution in [0.5, 0.6) is 0 Å². The van der Waals surface area contributed by atoms with Gasteiger partial charge in [0.1, 0.15) is 0 Å². The van der Waals surface area contributed by atoms with Crippen LogP contribution in [-0.4, -0.2) is 9.78 Å². The molecule has 0 fully saturated rings. The van der Waals surface area contributed by atoms with Gasteiger partial charge < -0.3 is 5.73 Å². The van der Waals surface area contributed by atoms with E-state index in [2.05, 4.69) is 11.2 Å². The number of fused-ring (bicyclic) bond motifs is 1. The zero-order valence-electron chi connectivity index (χ0n) is 10.3. The standard InChI is InChI=1S/C13H16ClN3S/c1-2-17-13(9(14)7-16-17)12(15)11-6-8-4-3-5-10(8)18-11/h6-7,12H,2-5,15H2,1H3. The molecule has 0 aromatic carbocycles. The van der Waals surface area contributed by atoms with Crippen molar-refractivity contribution in [2.75, 3.05) is 0 Å². The van der Waals surface area contributed by atoms with E-state index in [1.807, 2.05) is 22.9 Å². The molecule has 0 aliphatic heterocycles. The molecule has 0 saturated heterocycles. The lowest BCUT2D eigenvalue weighted by atomic mass is 10.1. The molecule has 0 amide bonds. The maximum atomic E-state index is 6.36. The second-order valence-corrected chi connectivity index (χ2v) is 6.20. The number of hydrogen-bond donors (Lipinski definition) is 1. The predicted molar refractivity (Wildman–Crippen MR) is 75.3 cm³/mol. The Morgan fingerprint density at radius 1 is 1.56 bits per heavy atom. The highest BCUT2D eigenvalue weighted by atomic mass is 35.5. The molecule has 3 rings (SSSR count). The van der Waals surface area contributed by atoms with E-state index in [0.29, 0.717) is 5.02 Å². The number of aryl methyl sites for hydroxylation is 3. The number of hydrogen-bond acceptors (Lipinski definition) is 3. The average Bonchev–Trinajstić information content (AvgIpc) is 3.00. The molecule has 2 heterocycles. The molecule has 2 aromatic heterocycles. The highest BCUT2D eigenvalue weighted by molar-refractivity contribution is 7.12. The summed E-state index contributed by atoms with van der Waals surface area (Å²) in [4.78, 5) is 2.70. The van der Waals surface area contributed by atoms with Crippen LogP contribution in [0.4, 0.5) is 0 Å². The zero-order chi connectivity index (χ0) is 12.7. The number of thiophene rings is 1. The first-order chi connectivity index (χ1) is 8.70. The molecule has 1 aliphatic rings. The first-order valence-electron chi connectivity index (χ1n) is 6.29. The van der Waals surface area contributed by atoms with E-state index in [-0.39, 0.29) is 6.04 Å². The summed E-state index contributed by atoms with van der Waals surface area (Å²) in [5.41, 5.74) is 8.77. The molecule has 3 nitrogen and oxygen atoms in total. The van der Waals surface area contributed by atoms with Gasteiger partial charge in [0, 0.05) is 16.3 Å². The van der Waals surface area contributed by atoms with Crippen LogP contribution >= 0.6 is 22.9 Å². The molecule has 0 radical (unpaired) electrons. The lowest BCUT2D eigenvalue weighted by molar-refractivity contribution is 0.603. The van der Waals surface area contributed by atoms with Crippen molar-refractivity contribution in [1.29, 1.82) is 0 Å². The molecular formula is C13H16ClN3S. The second-order valence-electron chi connectivity index (χ2n) is 4.62. The van der Waals surface area contributed by atoms with Gasteiger partial charge in [0.25, 0.3) is 0 Å². The van der Waals surface area contributed by atoms with Gasteiger partial charge in [-0.2, -0.15) is 5.10 Å². The van der Waals surface area contributed by atoms with Crippen molar-refractivity contribution >= 4 is 22.9 Å². The molecular weight excluding hydrogens is 266 g/mol. The summed E-state index contributed by atoms with van der Waals surface area (Å²) in [5, 5.41) is 4.92. The molecule has 2 aromatic rings. The normalized spacial score (nSPS) is 15.9. The Balaban J connectivity index is 1.98. The van der Waals surface area contributed by atoms with E-state index < -0.39 is 0 Å². The minimum absolute atomic E-state index is 0.157. The molecule has 96 valence electrons. The fourth-order valence-electron chi connectivity index (χ4n) is 2.57. The monoisotopic (exact) mass is 281 g/mol. The second kappa shape index (κ2) is 4.68. The zero-order valence-corrected chi connectivity index (χ0v) is 11.9. The molecule has 1 atom stereocenters. The summed E-state index contributed by atoms with van der Waals surface area (Å²) in [6, 6.07) is 2.09. The van der Waals surface area contributed by atoms with Crippen molar-refractivity contribution in [2.24, 2.45) is 5.73 Å². The fourth-order valence-corrected chi connectivity index (χ4v) is 4.09. The average molecular weight is 282 g/mol. The minimum atomic E-state index is -0.157. The first kappa shape index (κ1) is 12.2. The van der Waals surface area contributed by atoms with Gasteiger partial charge >= 0.3 is 0 Å².